The third-order valence-corrected chi connectivity index (χ3v) is 4.81. The van der Waals surface area contributed by atoms with Crippen molar-refractivity contribution >= 4 is 11.8 Å². The summed E-state index contributed by atoms with van der Waals surface area (Å²) in [6.07, 6.45) is 3.04. The lowest BCUT2D eigenvalue weighted by atomic mass is 9.77. The van der Waals surface area contributed by atoms with E-state index < -0.39 is 5.83 Å². The van der Waals surface area contributed by atoms with Crippen LogP contribution in [0.5, 0.6) is 0 Å². The maximum atomic E-state index is 13.1. The van der Waals surface area contributed by atoms with Crippen molar-refractivity contribution in [3.05, 3.63) is 42.0 Å². The molecule has 0 saturated carbocycles. The van der Waals surface area contributed by atoms with Crippen LogP contribution in [-0.4, -0.2) is 25.2 Å². The monoisotopic (exact) mass is 289 g/mol. The first-order chi connectivity index (χ1) is 10.1. The van der Waals surface area contributed by atoms with Gasteiger partial charge in [0, 0.05) is 23.6 Å². The molecule has 0 radical (unpaired) electrons. The van der Waals surface area contributed by atoms with Gasteiger partial charge in [-0.1, -0.05) is 30.8 Å². The molecule has 2 aliphatic heterocycles. The van der Waals surface area contributed by atoms with Gasteiger partial charge in [-0.3, -0.25) is 4.79 Å². The second-order valence-electron chi connectivity index (χ2n) is 5.97. The number of halogens is 1. The first-order valence-electron chi connectivity index (χ1n) is 7.38. The predicted octanol–water partition coefficient (Wildman–Crippen LogP) is 3.02. The minimum Gasteiger partial charge on any atom is -0.469 e. The number of piperidine rings is 1. The molecule has 2 aliphatic rings. The van der Waals surface area contributed by atoms with E-state index in [0.717, 1.165) is 24.8 Å². The zero-order chi connectivity index (χ0) is 15.0. The largest absolute Gasteiger partial charge is 0.469 e. The molecule has 0 spiro atoms. The van der Waals surface area contributed by atoms with Gasteiger partial charge < -0.3 is 10.1 Å². The third-order valence-electron chi connectivity index (χ3n) is 4.81. The van der Waals surface area contributed by atoms with E-state index in [0.29, 0.717) is 11.6 Å². The van der Waals surface area contributed by atoms with Crippen LogP contribution in [0.1, 0.15) is 36.3 Å². The van der Waals surface area contributed by atoms with Crippen molar-refractivity contribution in [2.24, 2.45) is 5.92 Å². The quantitative estimate of drug-likeness (QED) is 0.869. The van der Waals surface area contributed by atoms with Crippen LogP contribution < -0.4 is 5.32 Å². The van der Waals surface area contributed by atoms with E-state index in [1.54, 1.807) is 12.1 Å². The third kappa shape index (κ3) is 2.60. The molecule has 2 saturated heterocycles. The Bertz CT molecular complexity index is 554. The number of carbonyl (C=O) groups is 1. The summed E-state index contributed by atoms with van der Waals surface area (Å²) >= 11 is 0. The van der Waals surface area contributed by atoms with Crippen LogP contribution in [0.3, 0.4) is 0 Å². The van der Waals surface area contributed by atoms with E-state index in [2.05, 4.69) is 11.9 Å². The van der Waals surface area contributed by atoms with Crippen molar-refractivity contribution in [1.82, 2.24) is 5.32 Å². The molecule has 3 nitrogen and oxygen atoms in total. The second-order valence-corrected chi connectivity index (χ2v) is 5.97. The zero-order valence-electron chi connectivity index (χ0n) is 12.1. The van der Waals surface area contributed by atoms with Gasteiger partial charge in [-0.05, 0) is 24.8 Å². The van der Waals surface area contributed by atoms with Crippen LogP contribution in [0.15, 0.2) is 30.8 Å². The molecular formula is C17H20FNO2. The number of fused-ring (bicyclic) bond motifs is 2. The van der Waals surface area contributed by atoms with Crippen molar-refractivity contribution in [2.45, 2.75) is 37.3 Å². The fraction of sp³-hybridized carbons (Fsp3) is 0.471. The van der Waals surface area contributed by atoms with Crippen LogP contribution in [0.25, 0.3) is 5.83 Å². The van der Waals surface area contributed by atoms with Gasteiger partial charge >= 0.3 is 5.97 Å². The standard InChI is InChI=1S/C17H20FNO2/c1-10(18)11-3-5-12(6-4-11)14-9-13-7-8-15(19-13)16(14)17(20)21-2/h3-6,13-16,19H,1,7-9H2,2H3. The number of hydrogen-bond acceptors (Lipinski definition) is 3. The van der Waals surface area contributed by atoms with E-state index >= 15 is 0 Å². The topological polar surface area (TPSA) is 38.3 Å². The van der Waals surface area contributed by atoms with E-state index in [9.17, 15) is 9.18 Å². The lowest BCUT2D eigenvalue weighted by Gasteiger charge is -2.36. The molecule has 1 N–H and O–H groups in total. The summed E-state index contributed by atoms with van der Waals surface area (Å²) in [4.78, 5) is 12.2. The molecule has 0 aromatic heterocycles. The molecule has 0 amide bonds. The molecule has 1 aromatic carbocycles. The summed E-state index contributed by atoms with van der Waals surface area (Å²) in [6.45, 7) is 3.31. The number of ether oxygens (including phenoxy) is 1. The number of carbonyl (C=O) groups excluding carboxylic acids is 1. The lowest BCUT2D eigenvalue weighted by Crippen LogP contribution is -2.48. The molecule has 0 aliphatic carbocycles. The highest BCUT2D eigenvalue weighted by atomic mass is 19.1. The van der Waals surface area contributed by atoms with Crippen LogP contribution in [0.4, 0.5) is 4.39 Å². The van der Waals surface area contributed by atoms with Gasteiger partial charge in [0.05, 0.1) is 13.0 Å². The normalized spacial score (nSPS) is 31.0. The fourth-order valence-corrected chi connectivity index (χ4v) is 3.77. The van der Waals surface area contributed by atoms with Crippen LogP contribution in [0.2, 0.25) is 0 Å². The van der Waals surface area contributed by atoms with Crippen LogP contribution in [-0.2, 0) is 9.53 Å². The Balaban J connectivity index is 1.90. The van der Waals surface area contributed by atoms with E-state index in [-0.39, 0.29) is 23.8 Å². The number of esters is 1. The van der Waals surface area contributed by atoms with Gasteiger partial charge in [0.25, 0.3) is 0 Å². The SMILES string of the molecule is C=C(F)c1ccc(C2CC3CCC(N3)C2C(=O)OC)cc1. The Labute approximate surface area is 124 Å². The number of nitrogens with one attached hydrogen (secondary N) is 1. The molecule has 2 bridgehead atoms. The van der Waals surface area contributed by atoms with Gasteiger partial charge in [-0.25, -0.2) is 4.39 Å². The number of hydrogen-bond donors (Lipinski definition) is 1. The summed E-state index contributed by atoms with van der Waals surface area (Å²) in [5.74, 6) is -0.611. The number of rotatable bonds is 3. The zero-order valence-corrected chi connectivity index (χ0v) is 12.1. The first-order valence-corrected chi connectivity index (χ1v) is 7.38. The van der Waals surface area contributed by atoms with E-state index in [4.69, 9.17) is 4.74 Å². The van der Waals surface area contributed by atoms with Crippen LogP contribution in [0, 0.1) is 5.92 Å². The van der Waals surface area contributed by atoms with Gasteiger partial charge in [-0.15, -0.1) is 0 Å². The maximum absolute atomic E-state index is 13.1. The van der Waals surface area contributed by atoms with Crippen molar-refractivity contribution in [3.63, 3.8) is 0 Å². The molecule has 4 atom stereocenters. The van der Waals surface area contributed by atoms with Gasteiger partial charge in [0.1, 0.15) is 5.83 Å². The molecule has 2 heterocycles. The molecule has 4 heteroatoms. The lowest BCUT2D eigenvalue weighted by molar-refractivity contribution is -0.148. The Kier molecular flexibility index (Phi) is 3.81. The van der Waals surface area contributed by atoms with Crippen molar-refractivity contribution < 1.29 is 13.9 Å². The fourth-order valence-electron chi connectivity index (χ4n) is 3.77. The highest BCUT2D eigenvalue weighted by Crippen LogP contribution is 2.42. The highest BCUT2D eigenvalue weighted by Gasteiger charge is 2.46. The Morgan fingerprint density at radius 2 is 2.05 bits per heavy atom. The molecular weight excluding hydrogens is 269 g/mol. The Morgan fingerprint density at radius 3 is 2.67 bits per heavy atom. The molecule has 4 unspecified atom stereocenters. The van der Waals surface area contributed by atoms with Crippen molar-refractivity contribution in [1.29, 1.82) is 0 Å². The molecule has 2 fully saturated rings. The minimum absolute atomic E-state index is 0.137. The first kappa shape index (κ1) is 14.3. The van der Waals surface area contributed by atoms with Gasteiger partial charge in [-0.2, -0.15) is 0 Å². The molecule has 112 valence electrons. The predicted molar refractivity (Wildman–Crippen MR) is 79.4 cm³/mol. The summed E-state index contributed by atoms with van der Waals surface area (Å²) in [7, 11) is 1.44. The molecule has 1 aromatic rings. The number of methoxy groups -OCH3 is 1. The van der Waals surface area contributed by atoms with E-state index in [1.807, 2.05) is 12.1 Å². The maximum Gasteiger partial charge on any atom is 0.310 e. The summed E-state index contributed by atoms with van der Waals surface area (Å²) < 4.78 is 18.1. The summed E-state index contributed by atoms with van der Waals surface area (Å²) in [5.41, 5.74) is 1.57. The van der Waals surface area contributed by atoms with Gasteiger partial charge in [0.15, 0.2) is 0 Å². The summed E-state index contributed by atoms with van der Waals surface area (Å²) in [5, 5.41) is 3.51. The Morgan fingerprint density at radius 1 is 1.33 bits per heavy atom. The van der Waals surface area contributed by atoms with Gasteiger partial charge in [0.2, 0.25) is 0 Å². The van der Waals surface area contributed by atoms with Crippen molar-refractivity contribution in [3.8, 4) is 0 Å². The number of benzene rings is 1. The molecule has 3 rings (SSSR count). The van der Waals surface area contributed by atoms with Crippen LogP contribution >= 0.6 is 0 Å². The van der Waals surface area contributed by atoms with E-state index in [1.165, 1.54) is 7.11 Å². The second kappa shape index (κ2) is 5.60. The minimum atomic E-state index is -0.434. The molecule has 21 heavy (non-hydrogen) atoms. The highest BCUT2D eigenvalue weighted by molar-refractivity contribution is 5.75. The average Bonchev–Trinajstić information content (AvgIpc) is 2.88. The summed E-state index contributed by atoms with van der Waals surface area (Å²) in [6, 6.07) is 7.94. The van der Waals surface area contributed by atoms with Crippen molar-refractivity contribution in [2.75, 3.05) is 7.11 Å². The smallest absolute Gasteiger partial charge is 0.310 e. The Hall–Kier alpha value is -1.68. The average molecular weight is 289 g/mol.